The van der Waals surface area contributed by atoms with E-state index in [1.165, 1.54) is 13.0 Å². The van der Waals surface area contributed by atoms with Gasteiger partial charge in [0.05, 0.1) is 13.7 Å². The van der Waals surface area contributed by atoms with E-state index in [-0.39, 0.29) is 12.4 Å². The molecular weight excluding hydrogens is 332 g/mol. The van der Waals surface area contributed by atoms with Crippen LogP contribution in [0.1, 0.15) is 35.3 Å². The number of hydrogen-bond acceptors (Lipinski definition) is 5. The molecule has 0 atom stereocenters. The van der Waals surface area contributed by atoms with Crippen LogP contribution in [0, 0.1) is 0 Å². The van der Waals surface area contributed by atoms with Crippen LogP contribution in [0.5, 0.6) is 11.5 Å². The van der Waals surface area contributed by atoms with Crippen LogP contribution in [0.15, 0.2) is 48.5 Å². The van der Waals surface area contributed by atoms with E-state index in [1.54, 1.807) is 31.4 Å². The number of carbonyl (C=O) groups excluding carboxylic acids is 2. The summed E-state index contributed by atoms with van der Waals surface area (Å²) in [4.78, 5) is 23.6. The van der Waals surface area contributed by atoms with Crippen LogP contribution in [0.4, 0.5) is 0 Å². The molecule has 2 aromatic rings. The minimum atomic E-state index is -0.494. The molecule has 0 aliphatic carbocycles. The molecule has 2 rings (SSSR count). The average molecular weight is 354 g/mol. The van der Waals surface area contributed by atoms with Crippen LogP contribution in [0.25, 0.3) is 6.08 Å². The van der Waals surface area contributed by atoms with Crippen molar-refractivity contribution in [2.75, 3.05) is 13.7 Å². The molecule has 0 aliphatic rings. The molecule has 0 heterocycles. The Kier molecular flexibility index (Phi) is 6.97. The maximum absolute atomic E-state index is 12.0. The Labute approximate surface area is 153 Å². The first-order valence-corrected chi connectivity index (χ1v) is 8.29. The topological polar surface area (TPSA) is 61.8 Å². The second-order valence-corrected chi connectivity index (χ2v) is 5.49. The van der Waals surface area contributed by atoms with Crippen LogP contribution in [0.3, 0.4) is 0 Å². The Bertz CT molecular complexity index is 808. The second kappa shape index (κ2) is 9.42. The lowest BCUT2D eigenvalue weighted by Crippen LogP contribution is -2.05. The second-order valence-electron chi connectivity index (χ2n) is 5.49. The summed E-state index contributed by atoms with van der Waals surface area (Å²) in [7, 11) is 1.57. The molecule has 0 fully saturated rings. The third-order valence-electron chi connectivity index (χ3n) is 3.67. The van der Waals surface area contributed by atoms with Gasteiger partial charge in [-0.3, -0.25) is 4.79 Å². The molecule has 0 spiro atoms. The van der Waals surface area contributed by atoms with Gasteiger partial charge in [0.2, 0.25) is 0 Å². The Hall–Kier alpha value is -3.08. The van der Waals surface area contributed by atoms with Gasteiger partial charge < -0.3 is 14.2 Å². The zero-order chi connectivity index (χ0) is 18.9. The quantitative estimate of drug-likeness (QED) is 0.406. The SMILES string of the molecule is CCOc1ccc(C(C)=O)cc1COC(=O)C=Cc1ccccc1OC. The number of carbonyl (C=O) groups is 2. The van der Waals surface area contributed by atoms with E-state index < -0.39 is 5.97 Å². The number of ether oxygens (including phenoxy) is 3. The highest BCUT2D eigenvalue weighted by atomic mass is 16.5. The molecule has 0 radical (unpaired) electrons. The van der Waals surface area contributed by atoms with Gasteiger partial charge in [0.1, 0.15) is 18.1 Å². The highest BCUT2D eigenvalue weighted by molar-refractivity contribution is 5.94. The van der Waals surface area contributed by atoms with Gasteiger partial charge in [0.25, 0.3) is 0 Å². The van der Waals surface area contributed by atoms with Crippen LogP contribution in [0.2, 0.25) is 0 Å². The van der Waals surface area contributed by atoms with Crippen LogP contribution >= 0.6 is 0 Å². The fourth-order valence-corrected chi connectivity index (χ4v) is 2.37. The molecule has 136 valence electrons. The Morgan fingerprint density at radius 2 is 1.85 bits per heavy atom. The van der Waals surface area contributed by atoms with E-state index in [0.29, 0.717) is 29.2 Å². The lowest BCUT2D eigenvalue weighted by atomic mass is 10.1. The van der Waals surface area contributed by atoms with Gasteiger partial charge in [-0.25, -0.2) is 4.79 Å². The number of methoxy groups -OCH3 is 1. The first-order chi connectivity index (χ1) is 12.5. The zero-order valence-corrected chi connectivity index (χ0v) is 15.2. The van der Waals surface area contributed by atoms with Crippen molar-refractivity contribution in [1.29, 1.82) is 0 Å². The van der Waals surface area contributed by atoms with Gasteiger partial charge in [-0.05, 0) is 44.2 Å². The fraction of sp³-hybridized carbons (Fsp3) is 0.238. The number of para-hydroxylation sites is 1. The summed E-state index contributed by atoms with van der Waals surface area (Å²) >= 11 is 0. The standard InChI is InChI=1S/C21H22O5/c1-4-25-20-11-9-17(15(2)22)13-18(20)14-26-21(23)12-10-16-7-5-6-8-19(16)24-3/h5-13H,4,14H2,1-3H3. The summed E-state index contributed by atoms with van der Waals surface area (Å²) in [5.74, 6) is 0.714. The first kappa shape index (κ1) is 19.2. The maximum Gasteiger partial charge on any atom is 0.331 e. The number of rotatable bonds is 8. The van der Waals surface area contributed by atoms with Crippen molar-refractivity contribution in [2.24, 2.45) is 0 Å². The maximum atomic E-state index is 12.0. The predicted octanol–water partition coefficient (Wildman–Crippen LogP) is 4.05. The molecule has 0 saturated carbocycles. The van der Waals surface area contributed by atoms with Crippen molar-refractivity contribution in [1.82, 2.24) is 0 Å². The molecule has 5 heteroatoms. The smallest absolute Gasteiger partial charge is 0.331 e. The Balaban J connectivity index is 2.07. The van der Waals surface area contributed by atoms with Crippen molar-refractivity contribution in [3.8, 4) is 11.5 Å². The van der Waals surface area contributed by atoms with Crippen LogP contribution < -0.4 is 9.47 Å². The fourth-order valence-electron chi connectivity index (χ4n) is 2.37. The minimum absolute atomic E-state index is 0.0194. The number of ketones is 1. The van der Waals surface area contributed by atoms with Crippen molar-refractivity contribution in [2.45, 2.75) is 20.5 Å². The summed E-state index contributed by atoms with van der Waals surface area (Å²) < 4.78 is 16.0. The molecule has 0 N–H and O–H groups in total. The molecule has 5 nitrogen and oxygen atoms in total. The Morgan fingerprint density at radius 3 is 2.54 bits per heavy atom. The summed E-state index contributed by atoms with van der Waals surface area (Å²) in [5, 5.41) is 0. The number of Topliss-reactive ketones (excluding diaryl/α,β-unsaturated/α-hetero) is 1. The first-order valence-electron chi connectivity index (χ1n) is 8.29. The monoisotopic (exact) mass is 354 g/mol. The van der Waals surface area contributed by atoms with E-state index in [0.717, 1.165) is 5.56 Å². The number of benzene rings is 2. The predicted molar refractivity (Wildman–Crippen MR) is 99.4 cm³/mol. The third kappa shape index (κ3) is 5.21. The van der Waals surface area contributed by atoms with Gasteiger partial charge in [-0.15, -0.1) is 0 Å². The third-order valence-corrected chi connectivity index (χ3v) is 3.67. The number of esters is 1. The number of hydrogen-bond donors (Lipinski definition) is 0. The summed E-state index contributed by atoms with van der Waals surface area (Å²) in [5.41, 5.74) is 1.98. The van der Waals surface area contributed by atoms with E-state index in [4.69, 9.17) is 14.2 Å². The molecule has 0 aromatic heterocycles. The van der Waals surface area contributed by atoms with E-state index in [1.807, 2.05) is 31.2 Å². The van der Waals surface area contributed by atoms with Gasteiger partial charge >= 0.3 is 5.97 Å². The van der Waals surface area contributed by atoms with E-state index >= 15 is 0 Å². The molecule has 0 aliphatic heterocycles. The summed E-state index contributed by atoms with van der Waals surface area (Å²) in [6.07, 6.45) is 2.98. The molecule has 0 amide bonds. The molecular formula is C21H22O5. The lowest BCUT2D eigenvalue weighted by Gasteiger charge is -2.11. The summed E-state index contributed by atoms with van der Waals surface area (Å²) in [6.45, 7) is 3.85. The van der Waals surface area contributed by atoms with Gasteiger partial charge in [0.15, 0.2) is 5.78 Å². The normalized spacial score (nSPS) is 10.6. The van der Waals surface area contributed by atoms with Gasteiger partial charge in [-0.2, -0.15) is 0 Å². The minimum Gasteiger partial charge on any atom is -0.496 e. The van der Waals surface area contributed by atoms with Crippen molar-refractivity contribution in [3.63, 3.8) is 0 Å². The highest BCUT2D eigenvalue weighted by Gasteiger charge is 2.10. The van der Waals surface area contributed by atoms with Crippen molar-refractivity contribution in [3.05, 3.63) is 65.2 Å². The zero-order valence-electron chi connectivity index (χ0n) is 15.2. The molecule has 2 aromatic carbocycles. The van der Waals surface area contributed by atoms with Gasteiger partial charge in [-0.1, -0.05) is 18.2 Å². The van der Waals surface area contributed by atoms with E-state index in [2.05, 4.69) is 0 Å². The van der Waals surface area contributed by atoms with Crippen molar-refractivity contribution < 1.29 is 23.8 Å². The molecule has 0 unspecified atom stereocenters. The lowest BCUT2D eigenvalue weighted by molar-refractivity contribution is -0.138. The highest BCUT2D eigenvalue weighted by Crippen LogP contribution is 2.22. The molecule has 26 heavy (non-hydrogen) atoms. The van der Waals surface area contributed by atoms with Gasteiger partial charge in [0, 0.05) is 22.8 Å². The summed E-state index contributed by atoms with van der Waals surface area (Å²) in [6, 6.07) is 12.5. The van der Waals surface area contributed by atoms with Crippen molar-refractivity contribution >= 4 is 17.8 Å². The van der Waals surface area contributed by atoms with Crippen LogP contribution in [-0.2, 0) is 16.1 Å². The van der Waals surface area contributed by atoms with E-state index in [9.17, 15) is 9.59 Å². The molecule has 0 bridgehead atoms. The van der Waals surface area contributed by atoms with Crippen LogP contribution in [-0.4, -0.2) is 25.5 Å². The molecule has 0 saturated heterocycles. The Morgan fingerprint density at radius 1 is 1.08 bits per heavy atom. The largest absolute Gasteiger partial charge is 0.496 e. The average Bonchev–Trinajstić information content (AvgIpc) is 2.65.